The van der Waals surface area contributed by atoms with Gasteiger partial charge in [-0.05, 0) is 56.1 Å². The molecule has 134 valence electrons. The summed E-state index contributed by atoms with van der Waals surface area (Å²) in [5, 5.41) is 3.47. The van der Waals surface area contributed by atoms with Gasteiger partial charge in [-0.15, -0.1) is 0 Å². The van der Waals surface area contributed by atoms with E-state index in [9.17, 15) is 4.79 Å². The van der Waals surface area contributed by atoms with Gasteiger partial charge in [0.15, 0.2) is 0 Å². The molecular formula is C20H26N2O3. The molecule has 0 aliphatic carbocycles. The molecule has 1 aromatic heterocycles. The van der Waals surface area contributed by atoms with Crippen LogP contribution in [-0.4, -0.2) is 30.5 Å². The molecule has 1 aliphatic heterocycles. The summed E-state index contributed by atoms with van der Waals surface area (Å²) >= 11 is 0. The lowest BCUT2D eigenvalue weighted by Gasteiger charge is -2.30. The third-order valence-electron chi connectivity index (χ3n) is 4.86. The fourth-order valence-corrected chi connectivity index (χ4v) is 3.53. The molecule has 0 radical (unpaired) electrons. The number of furan rings is 1. The van der Waals surface area contributed by atoms with E-state index in [0.29, 0.717) is 6.42 Å². The molecule has 25 heavy (non-hydrogen) atoms. The first kappa shape index (κ1) is 17.5. The largest absolute Gasteiger partial charge is 0.497 e. The Morgan fingerprint density at radius 3 is 3.00 bits per heavy atom. The highest BCUT2D eigenvalue weighted by Crippen LogP contribution is 2.31. The summed E-state index contributed by atoms with van der Waals surface area (Å²) in [4.78, 5) is 14.3. The smallest absolute Gasteiger partial charge is 0.223 e. The van der Waals surface area contributed by atoms with Crippen molar-refractivity contribution in [3.63, 3.8) is 0 Å². The van der Waals surface area contributed by atoms with Gasteiger partial charge in [-0.25, -0.2) is 0 Å². The van der Waals surface area contributed by atoms with Gasteiger partial charge < -0.3 is 19.4 Å². The zero-order chi connectivity index (χ0) is 17.6. The van der Waals surface area contributed by atoms with Gasteiger partial charge in [-0.2, -0.15) is 0 Å². The summed E-state index contributed by atoms with van der Waals surface area (Å²) in [6.45, 7) is 3.71. The quantitative estimate of drug-likeness (QED) is 0.746. The number of nitrogens with zero attached hydrogens (tertiary/aromatic N) is 1. The van der Waals surface area contributed by atoms with E-state index in [1.807, 2.05) is 42.2 Å². The number of benzene rings is 1. The number of hydrogen-bond acceptors (Lipinski definition) is 4. The molecular weight excluding hydrogens is 316 g/mol. The lowest BCUT2D eigenvalue weighted by atomic mass is 10.1. The second-order valence-electron chi connectivity index (χ2n) is 6.50. The van der Waals surface area contributed by atoms with E-state index in [4.69, 9.17) is 9.15 Å². The van der Waals surface area contributed by atoms with Gasteiger partial charge >= 0.3 is 0 Å². The van der Waals surface area contributed by atoms with Gasteiger partial charge in [-0.3, -0.25) is 4.79 Å². The van der Waals surface area contributed by atoms with Gasteiger partial charge in [0.2, 0.25) is 5.91 Å². The van der Waals surface area contributed by atoms with E-state index >= 15 is 0 Å². The molecule has 2 aromatic rings. The second kappa shape index (κ2) is 8.21. The molecule has 2 atom stereocenters. The summed E-state index contributed by atoms with van der Waals surface area (Å²) in [6, 6.07) is 12.1. The van der Waals surface area contributed by atoms with Crippen LogP contribution in [0, 0.1) is 0 Å². The number of methoxy groups -OCH3 is 1. The van der Waals surface area contributed by atoms with E-state index in [2.05, 4.69) is 11.4 Å². The molecule has 0 bridgehead atoms. The summed E-state index contributed by atoms with van der Waals surface area (Å²) in [5.41, 5.74) is 1.20. The molecule has 1 aromatic carbocycles. The third-order valence-corrected chi connectivity index (χ3v) is 4.86. The average molecular weight is 342 g/mol. The zero-order valence-electron chi connectivity index (χ0n) is 14.9. The van der Waals surface area contributed by atoms with E-state index in [1.165, 1.54) is 5.56 Å². The van der Waals surface area contributed by atoms with E-state index in [1.54, 1.807) is 13.4 Å². The number of amides is 1. The highest BCUT2D eigenvalue weighted by Gasteiger charge is 2.35. The van der Waals surface area contributed by atoms with E-state index in [-0.39, 0.29) is 18.0 Å². The molecule has 2 heterocycles. The Balaban J connectivity index is 1.50. The van der Waals surface area contributed by atoms with Crippen LogP contribution >= 0.6 is 0 Å². The molecule has 5 heteroatoms. The fourth-order valence-electron chi connectivity index (χ4n) is 3.53. The molecule has 1 amide bonds. The van der Waals surface area contributed by atoms with Gasteiger partial charge in [0.25, 0.3) is 0 Å². The number of nitrogens with one attached hydrogen (secondary N) is 1. The first-order valence-corrected chi connectivity index (χ1v) is 8.87. The minimum absolute atomic E-state index is 0.00613. The molecule has 1 saturated heterocycles. The normalized spacial score (nSPS) is 18.6. The number of carbonyl (C=O) groups excluding carboxylic acids is 1. The Hall–Kier alpha value is -2.27. The fraction of sp³-hybridized carbons (Fsp3) is 0.450. The highest BCUT2D eigenvalue weighted by molar-refractivity contribution is 5.79. The van der Waals surface area contributed by atoms with Crippen LogP contribution in [0.2, 0.25) is 0 Å². The Kier molecular flexibility index (Phi) is 5.76. The number of ether oxygens (including phenoxy) is 1. The molecule has 3 rings (SSSR count). The van der Waals surface area contributed by atoms with Crippen molar-refractivity contribution in [3.8, 4) is 5.75 Å². The maximum atomic E-state index is 12.3. The summed E-state index contributed by atoms with van der Waals surface area (Å²) < 4.78 is 10.7. The van der Waals surface area contributed by atoms with Crippen LogP contribution in [0.5, 0.6) is 5.75 Å². The van der Waals surface area contributed by atoms with Gasteiger partial charge in [0.05, 0.1) is 19.4 Å². The predicted molar refractivity (Wildman–Crippen MR) is 96.3 cm³/mol. The molecule has 1 fully saturated rings. The maximum Gasteiger partial charge on any atom is 0.223 e. The van der Waals surface area contributed by atoms with Crippen molar-refractivity contribution in [2.24, 2.45) is 0 Å². The van der Waals surface area contributed by atoms with Crippen LogP contribution in [0.1, 0.15) is 43.6 Å². The summed E-state index contributed by atoms with van der Waals surface area (Å²) in [5.74, 6) is 1.95. The molecule has 0 saturated carbocycles. The minimum Gasteiger partial charge on any atom is -0.497 e. The van der Waals surface area contributed by atoms with Crippen molar-refractivity contribution in [2.75, 3.05) is 13.7 Å². The van der Waals surface area contributed by atoms with Gasteiger partial charge in [-0.1, -0.05) is 12.1 Å². The van der Waals surface area contributed by atoms with Crippen molar-refractivity contribution >= 4 is 5.91 Å². The third kappa shape index (κ3) is 4.23. The van der Waals surface area contributed by atoms with Crippen molar-refractivity contribution < 1.29 is 13.9 Å². The lowest BCUT2D eigenvalue weighted by Crippen LogP contribution is -2.37. The maximum absolute atomic E-state index is 12.3. The standard InChI is InChI=1S/C20H26N2O3/c1-15(19-7-4-12-25-19)22-17(8-9-20(22)23)10-11-21-14-16-5-3-6-18(13-16)24-2/h3-7,12-13,15,17,21H,8-11,14H2,1-2H3. The average Bonchev–Trinajstić information content (AvgIpc) is 3.28. The number of likely N-dealkylation sites (tertiary alicyclic amines) is 1. The summed E-state index contributed by atoms with van der Waals surface area (Å²) in [7, 11) is 1.68. The van der Waals surface area contributed by atoms with Crippen LogP contribution < -0.4 is 10.1 Å². The van der Waals surface area contributed by atoms with Crippen molar-refractivity contribution in [2.45, 2.75) is 44.8 Å². The van der Waals surface area contributed by atoms with Crippen LogP contribution in [0.15, 0.2) is 47.1 Å². The van der Waals surface area contributed by atoms with Crippen LogP contribution in [-0.2, 0) is 11.3 Å². The van der Waals surface area contributed by atoms with Gasteiger partial charge in [0, 0.05) is 19.0 Å². The molecule has 1 N–H and O–H groups in total. The predicted octanol–water partition coefficient (Wildman–Crippen LogP) is 3.52. The number of hydrogen-bond donors (Lipinski definition) is 1. The molecule has 1 aliphatic rings. The Labute approximate surface area is 149 Å². The molecule has 2 unspecified atom stereocenters. The lowest BCUT2D eigenvalue weighted by molar-refractivity contribution is -0.131. The van der Waals surface area contributed by atoms with Gasteiger partial charge in [0.1, 0.15) is 11.5 Å². The topological polar surface area (TPSA) is 54.7 Å². The Morgan fingerprint density at radius 1 is 1.36 bits per heavy atom. The van der Waals surface area contributed by atoms with Crippen molar-refractivity contribution in [1.82, 2.24) is 10.2 Å². The number of carbonyl (C=O) groups is 1. The van der Waals surface area contributed by atoms with E-state index in [0.717, 1.165) is 37.4 Å². The number of rotatable bonds is 8. The first-order valence-electron chi connectivity index (χ1n) is 8.87. The second-order valence-corrected chi connectivity index (χ2v) is 6.50. The summed E-state index contributed by atoms with van der Waals surface area (Å²) in [6.07, 6.45) is 4.16. The minimum atomic E-state index is -0.00613. The van der Waals surface area contributed by atoms with Crippen LogP contribution in [0.4, 0.5) is 0 Å². The first-order chi connectivity index (χ1) is 12.2. The molecule has 5 nitrogen and oxygen atoms in total. The monoisotopic (exact) mass is 342 g/mol. The Bertz CT molecular complexity index is 684. The van der Waals surface area contributed by atoms with E-state index < -0.39 is 0 Å². The van der Waals surface area contributed by atoms with Crippen LogP contribution in [0.25, 0.3) is 0 Å². The Morgan fingerprint density at radius 2 is 2.24 bits per heavy atom. The highest BCUT2D eigenvalue weighted by atomic mass is 16.5. The van der Waals surface area contributed by atoms with Crippen molar-refractivity contribution in [1.29, 1.82) is 0 Å². The van der Waals surface area contributed by atoms with Crippen molar-refractivity contribution in [3.05, 3.63) is 54.0 Å². The molecule has 0 spiro atoms. The zero-order valence-corrected chi connectivity index (χ0v) is 14.9. The van der Waals surface area contributed by atoms with Crippen LogP contribution in [0.3, 0.4) is 0 Å². The SMILES string of the molecule is COc1cccc(CNCCC2CCC(=O)N2C(C)c2ccco2)c1.